The van der Waals surface area contributed by atoms with Crippen molar-refractivity contribution in [3.63, 3.8) is 0 Å². The largest absolute Gasteiger partial charge is 0.323 e. The Morgan fingerprint density at radius 1 is 1.24 bits per heavy atom. The van der Waals surface area contributed by atoms with Gasteiger partial charge >= 0.3 is 0 Å². The second kappa shape index (κ2) is 9.03. The molecule has 0 aliphatic rings. The highest BCUT2D eigenvalue weighted by atomic mass is 35.5. The lowest BCUT2D eigenvalue weighted by molar-refractivity contribution is -0.120. The average molecular weight is 312 g/mol. The fourth-order valence-electron chi connectivity index (χ4n) is 2.03. The van der Waals surface area contributed by atoms with Crippen molar-refractivity contribution in [2.24, 2.45) is 0 Å². The summed E-state index contributed by atoms with van der Waals surface area (Å²) in [6.45, 7) is 10.1. The molecular formula is C16H26ClN3O. The third-order valence-electron chi connectivity index (χ3n) is 3.84. The molecule has 4 nitrogen and oxygen atoms in total. The Morgan fingerprint density at radius 3 is 2.43 bits per heavy atom. The zero-order chi connectivity index (χ0) is 15.8. The molecule has 0 radical (unpaired) electrons. The van der Waals surface area contributed by atoms with Crippen molar-refractivity contribution in [2.45, 2.75) is 26.8 Å². The lowest BCUT2D eigenvalue weighted by Gasteiger charge is -2.27. The van der Waals surface area contributed by atoms with Crippen LogP contribution in [0.3, 0.4) is 0 Å². The molecule has 1 atom stereocenters. The zero-order valence-corrected chi connectivity index (χ0v) is 14.2. The number of anilines is 1. The molecule has 0 saturated carbocycles. The van der Waals surface area contributed by atoms with E-state index in [2.05, 4.69) is 29.0 Å². The summed E-state index contributed by atoms with van der Waals surface area (Å²) in [5.74, 6) is -0.0369. The van der Waals surface area contributed by atoms with Gasteiger partial charge in [0, 0.05) is 13.1 Å². The van der Waals surface area contributed by atoms with Crippen molar-refractivity contribution in [1.29, 1.82) is 0 Å². The Balaban J connectivity index is 2.51. The maximum absolute atomic E-state index is 12.3. The standard InChI is InChI=1S/C16H26ClN3O/c1-5-20(6-2)12-11-19(4)13(3)16(21)18-15-10-8-7-9-14(15)17/h7-10,13H,5-6,11-12H2,1-4H3,(H,18,21)/t13-/m1/s1. The maximum atomic E-state index is 12.3. The van der Waals surface area contributed by atoms with Gasteiger partial charge in [0.05, 0.1) is 16.8 Å². The summed E-state index contributed by atoms with van der Waals surface area (Å²) >= 11 is 6.06. The third kappa shape index (κ3) is 5.65. The summed E-state index contributed by atoms with van der Waals surface area (Å²) in [7, 11) is 1.97. The Hall–Kier alpha value is -1.10. The lowest BCUT2D eigenvalue weighted by Crippen LogP contribution is -2.43. The van der Waals surface area contributed by atoms with Crippen LogP contribution in [-0.2, 0) is 4.79 Å². The third-order valence-corrected chi connectivity index (χ3v) is 4.17. The summed E-state index contributed by atoms with van der Waals surface area (Å²) in [5, 5.41) is 3.44. The van der Waals surface area contributed by atoms with E-state index in [1.807, 2.05) is 32.2 Å². The highest BCUT2D eigenvalue weighted by Crippen LogP contribution is 2.20. The summed E-state index contributed by atoms with van der Waals surface area (Å²) < 4.78 is 0. The number of nitrogens with one attached hydrogen (secondary N) is 1. The van der Waals surface area contributed by atoms with Gasteiger partial charge in [-0.1, -0.05) is 37.6 Å². The molecule has 0 unspecified atom stereocenters. The first-order valence-corrected chi connectivity index (χ1v) is 7.85. The van der Waals surface area contributed by atoms with Gasteiger partial charge < -0.3 is 10.2 Å². The molecule has 0 saturated heterocycles. The van der Waals surface area contributed by atoms with E-state index in [4.69, 9.17) is 11.6 Å². The van der Waals surface area contributed by atoms with Crippen LogP contribution in [0.5, 0.6) is 0 Å². The van der Waals surface area contributed by atoms with Crippen molar-refractivity contribution < 1.29 is 4.79 Å². The van der Waals surface area contributed by atoms with Gasteiger partial charge in [0.15, 0.2) is 0 Å². The summed E-state index contributed by atoms with van der Waals surface area (Å²) in [6, 6.07) is 7.08. The van der Waals surface area contributed by atoms with Gasteiger partial charge in [-0.15, -0.1) is 0 Å². The maximum Gasteiger partial charge on any atom is 0.241 e. The highest BCUT2D eigenvalue weighted by Gasteiger charge is 2.19. The van der Waals surface area contributed by atoms with E-state index < -0.39 is 0 Å². The molecule has 1 aromatic carbocycles. The molecule has 118 valence electrons. The van der Waals surface area contributed by atoms with E-state index in [1.54, 1.807) is 6.07 Å². The predicted octanol–water partition coefficient (Wildman–Crippen LogP) is 2.94. The van der Waals surface area contributed by atoms with Crippen molar-refractivity contribution in [3.8, 4) is 0 Å². The van der Waals surface area contributed by atoms with Gasteiger partial charge in [0.2, 0.25) is 5.91 Å². The minimum atomic E-state index is -0.197. The van der Waals surface area contributed by atoms with E-state index >= 15 is 0 Å². The molecule has 1 N–H and O–H groups in total. The van der Waals surface area contributed by atoms with E-state index in [1.165, 1.54) is 0 Å². The minimum absolute atomic E-state index is 0.0369. The van der Waals surface area contributed by atoms with Crippen LogP contribution in [0.25, 0.3) is 0 Å². The lowest BCUT2D eigenvalue weighted by atomic mass is 10.2. The average Bonchev–Trinajstić information content (AvgIpc) is 2.49. The number of benzene rings is 1. The number of halogens is 1. The van der Waals surface area contributed by atoms with Gasteiger partial charge in [-0.05, 0) is 39.2 Å². The van der Waals surface area contributed by atoms with Gasteiger partial charge in [0.25, 0.3) is 0 Å². The first kappa shape index (κ1) is 18.0. The minimum Gasteiger partial charge on any atom is -0.323 e. The molecule has 1 amide bonds. The first-order chi connectivity index (χ1) is 9.99. The van der Waals surface area contributed by atoms with Crippen LogP contribution in [0, 0.1) is 0 Å². The SMILES string of the molecule is CCN(CC)CCN(C)[C@H](C)C(=O)Nc1ccccc1Cl. The molecule has 1 rings (SSSR count). The molecule has 0 aliphatic heterocycles. The molecule has 1 aromatic rings. The molecule has 5 heteroatoms. The molecule has 0 aromatic heterocycles. The summed E-state index contributed by atoms with van der Waals surface area (Å²) in [6.07, 6.45) is 0. The number of carbonyl (C=O) groups is 1. The predicted molar refractivity (Wildman–Crippen MR) is 90.0 cm³/mol. The number of hydrogen-bond donors (Lipinski definition) is 1. The first-order valence-electron chi connectivity index (χ1n) is 7.47. The monoisotopic (exact) mass is 311 g/mol. The quantitative estimate of drug-likeness (QED) is 0.802. The van der Waals surface area contributed by atoms with E-state index in [9.17, 15) is 4.79 Å². The van der Waals surface area contributed by atoms with Crippen LogP contribution in [-0.4, -0.2) is 55.0 Å². The van der Waals surface area contributed by atoms with Crippen LogP contribution in [0.15, 0.2) is 24.3 Å². The van der Waals surface area contributed by atoms with Crippen molar-refractivity contribution >= 4 is 23.2 Å². The van der Waals surface area contributed by atoms with Crippen LogP contribution in [0.4, 0.5) is 5.69 Å². The van der Waals surface area contributed by atoms with E-state index in [0.717, 1.165) is 26.2 Å². The Labute approximate surface area is 133 Å². The van der Waals surface area contributed by atoms with Crippen molar-refractivity contribution in [1.82, 2.24) is 9.80 Å². The topological polar surface area (TPSA) is 35.6 Å². The summed E-state index contributed by atoms with van der Waals surface area (Å²) in [4.78, 5) is 16.7. The Kier molecular flexibility index (Phi) is 7.72. The molecule has 0 heterocycles. The normalized spacial score (nSPS) is 12.7. The number of nitrogens with zero attached hydrogens (tertiary/aromatic N) is 2. The number of amides is 1. The van der Waals surface area contributed by atoms with Crippen molar-refractivity contribution in [3.05, 3.63) is 29.3 Å². The number of hydrogen-bond acceptors (Lipinski definition) is 3. The van der Waals surface area contributed by atoms with Crippen molar-refractivity contribution in [2.75, 3.05) is 38.5 Å². The number of carbonyl (C=O) groups excluding carboxylic acids is 1. The van der Waals surface area contributed by atoms with Gasteiger partial charge in [0.1, 0.15) is 0 Å². The number of para-hydroxylation sites is 1. The van der Waals surface area contributed by atoms with E-state index in [-0.39, 0.29) is 11.9 Å². The Bertz CT molecular complexity index is 449. The Morgan fingerprint density at radius 2 is 1.86 bits per heavy atom. The second-order valence-corrected chi connectivity index (χ2v) is 5.56. The number of likely N-dealkylation sites (N-methyl/N-ethyl adjacent to an activating group) is 2. The van der Waals surface area contributed by atoms with Gasteiger partial charge in [-0.3, -0.25) is 9.69 Å². The fourth-order valence-corrected chi connectivity index (χ4v) is 2.22. The van der Waals surface area contributed by atoms with Crippen LogP contribution < -0.4 is 5.32 Å². The number of rotatable bonds is 8. The fraction of sp³-hybridized carbons (Fsp3) is 0.562. The highest BCUT2D eigenvalue weighted by molar-refractivity contribution is 6.33. The molecule has 0 bridgehead atoms. The summed E-state index contributed by atoms with van der Waals surface area (Å²) in [5.41, 5.74) is 0.660. The second-order valence-electron chi connectivity index (χ2n) is 5.15. The van der Waals surface area contributed by atoms with E-state index in [0.29, 0.717) is 10.7 Å². The smallest absolute Gasteiger partial charge is 0.241 e. The van der Waals surface area contributed by atoms with Crippen LogP contribution in [0.1, 0.15) is 20.8 Å². The molecule has 0 fully saturated rings. The van der Waals surface area contributed by atoms with Gasteiger partial charge in [-0.25, -0.2) is 0 Å². The molecule has 0 spiro atoms. The molecular weight excluding hydrogens is 286 g/mol. The molecule has 0 aliphatic carbocycles. The zero-order valence-electron chi connectivity index (χ0n) is 13.4. The van der Waals surface area contributed by atoms with Crippen LogP contribution >= 0.6 is 11.6 Å². The van der Waals surface area contributed by atoms with Crippen LogP contribution in [0.2, 0.25) is 5.02 Å². The van der Waals surface area contributed by atoms with Gasteiger partial charge in [-0.2, -0.15) is 0 Å². The molecule has 21 heavy (non-hydrogen) atoms.